The quantitative estimate of drug-likeness (QED) is 0.490. The van der Waals surface area contributed by atoms with Crippen molar-refractivity contribution in [2.75, 3.05) is 5.32 Å². The SMILES string of the molecule is CCCn1cc(-c2ccnc(Nc3cccc(S(N)(=O)=O)c3)n2)c2nccc(C)c21. The lowest BCUT2D eigenvalue weighted by Crippen LogP contribution is -2.12. The summed E-state index contributed by atoms with van der Waals surface area (Å²) in [5.74, 6) is 0.350. The number of pyridine rings is 1. The van der Waals surface area contributed by atoms with Crippen molar-refractivity contribution < 1.29 is 8.42 Å². The number of benzene rings is 1. The minimum absolute atomic E-state index is 0.0194. The topological polar surface area (TPSA) is 116 Å². The van der Waals surface area contributed by atoms with Crippen LogP contribution in [-0.4, -0.2) is 27.9 Å². The monoisotopic (exact) mass is 422 g/mol. The Morgan fingerprint density at radius 1 is 1.13 bits per heavy atom. The number of fused-ring (bicyclic) bond motifs is 1. The third kappa shape index (κ3) is 3.89. The maximum atomic E-state index is 11.6. The minimum atomic E-state index is -3.79. The number of primary sulfonamides is 1. The third-order valence-corrected chi connectivity index (χ3v) is 5.68. The van der Waals surface area contributed by atoms with Crippen LogP contribution in [0.2, 0.25) is 0 Å². The van der Waals surface area contributed by atoms with Crippen molar-refractivity contribution in [3.05, 3.63) is 60.6 Å². The highest BCUT2D eigenvalue weighted by Crippen LogP contribution is 2.30. The van der Waals surface area contributed by atoms with Gasteiger partial charge in [-0.05, 0) is 49.2 Å². The molecule has 0 unspecified atom stereocenters. The van der Waals surface area contributed by atoms with Crippen LogP contribution in [0.15, 0.2) is 59.9 Å². The number of aromatic nitrogens is 4. The fraction of sp³-hybridized carbons (Fsp3) is 0.190. The van der Waals surface area contributed by atoms with E-state index in [-0.39, 0.29) is 4.90 Å². The summed E-state index contributed by atoms with van der Waals surface area (Å²) in [6, 6.07) is 10.1. The average Bonchev–Trinajstić information content (AvgIpc) is 3.08. The van der Waals surface area contributed by atoms with Crippen LogP contribution in [-0.2, 0) is 16.6 Å². The van der Waals surface area contributed by atoms with Crippen molar-refractivity contribution in [3.63, 3.8) is 0 Å². The van der Waals surface area contributed by atoms with E-state index < -0.39 is 10.0 Å². The molecule has 0 bridgehead atoms. The van der Waals surface area contributed by atoms with Gasteiger partial charge in [0.2, 0.25) is 16.0 Å². The van der Waals surface area contributed by atoms with Crippen molar-refractivity contribution in [1.29, 1.82) is 0 Å². The Kier molecular flexibility index (Phi) is 5.23. The number of hydrogen-bond acceptors (Lipinski definition) is 6. The predicted molar refractivity (Wildman–Crippen MR) is 117 cm³/mol. The lowest BCUT2D eigenvalue weighted by molar-refractivity contribution is 0.598. The molecule has 0 aliphatic heterocycles. The Hall–Kier alpha value is -3.30. The van der Waals surface area contributed by atoms with Gasteiger partial charge in [-0.25, -0.2) is 23.5 Å². The molecule has 0 saturated carbocycles. The number of nitrogens with two attached hydrogens (primary N) is 1. The highest BCUT2D eigenvalue weighted by atomic mass is 32.2. The Morgan fingerprint density at radius 2 is 1.93 bits per heavy atom. The Morgan fingerprint density at radius 3 is 2.70 bits per heavy atom. The number of nitrogens with one attached hydrogen (secondary N) is 1. The summed E-state index contributed by atoms with van der Waals surface area (Å²) in [6.07, 6.45) is 6.54. The van der Waals surface area contributed by atoms with Gasteiger partial charge in [0.05, 0.1) is 21.6 Å². The third-order valence-electron chi connectivity index (χ3n) is 4.77. The van der Waals surface area contributed by atoms with Crippen molar-refractivity contribution in [2.45, 2.75) is 31.7 Å². The highest BCUT2D eigenvalue weighted by Gasteiger charge is 2.15. The van der Waals surface area contributed by atoms with Crippen LogP contribution in [0, 0.1) is 6.92 Å². The molecule has 0 spiro atoms. The standard InChI is InChI=1S/C21H22N6O2S/c1-3-11-27-13-17(19-20(27)14(2)7-9-23-19)18-8-10-24-21(26-18)25-15-5-4-6-16(12-15)30(22,28)29/h4-10,12-13H,3,11H2,1-2H3,(H2,22,28,29)(H,24,25,26). The number of rotatable bonds is 6. The van der Waals surface area contributed by atoms with Crippen LogP contribution in [0.4, 0.5) is 11.6 Å². The van der Waals surface area contributed by atoms with Crippen LogP contribution < -0.4 is 10.5 Å². The van der Waals surface area contributed by atoms with Gasteiger partial charge < -0.3 is 9.88 Å². The van der Waals surface area contributed by atoms with Crippen LogP contribution in [0.25, 0.3) is 22.3 Å². The van der Waals surface area contributed by atoms with Gasteiger partial charge >= 0.3 is 0 Å². The van der Waals surface area contributed by atoms with Gasteiger partial charge in [0.1, 0.15) is 0 Å². The molecule has 9 heteroatoms. The molecule has 0 atom stereocenters. The molecular weight excluding hydrogens is 400 g/mol. The molecule has 3 aromatic heterocycles. The summed E-state index contributed by atoms with van der Waals surface area (Å²) >= 11 is 0. The highest BCUT2D eigenvalue weighted by molar-refractivity contribution is 7.89. The number of nitrogens with zero attached hydrogens (tertiary/aromatic N) is 4. The molecule has 3 heterocycles. The number of anilines is 2. The first kappa shape index (κ1) is 20.0. The molecule has 0 aliphatic rings. The van der Waals surface area contributed by atoms with E-state index in [0.29, 0.717) is 11.6 Å². The molecule has 0 radical (unpaired) electrons. The molecule has 4 rings (SSSR count). The van der Waals surface area contributed by atoms with Crippen molar-refractivity contribution in [2.24, 2.45) is 5.14 Å². The summed E-state index contributed by atoms with van der Waals surface area (Å²) < 4.78 is 25.4. The fourth-order valence-corrected chi connectivity index (χ4v) is 4.00. The molecule has 154 valence electrons. The normalized spacial score (nSPS) is 11.7. The maximum absolute atomic E-state index is 11.6. The molecule has 0 fully saturated rings. The average molecular weight is 423 g/mol. The zero-order chi connectivity index (χ0) is 21.3. The van der Waals surface area contributed by atoms with E-state index in [9.17, 15) is 8.42 Å². The zero-order valence-electron chi connectivity index (χ0n) is 16.7. The lowest BCUT2D eigenvalue weighted by atomic mass is 10.1. The first-order chi connectivity index (χ1) is 14.4. The summed E-state index contributed by atoms with van der Waals surface area (Å²) in [4.78, 5) is 13.5. The number of aryl methyl sites for hydroxylation is 2. The van der Waals surface area contributed by atoms with Gasteiger partial charge in [-0.2, -0.15) is 0 Å². The summed E-state index contributed by atoms with van der Waals surface area (Å²) in [5.41, 5.74) is 5.33. The van der Waals surface area contributed by atoms with Gasteiger partial charge in [0.15, 0.2) is 0 Å². The smallest absolute Gasteiger partial charge is 0.238 e. The second-order valence-corrected chi connectivity index (χ2v) is 8.59. The lowest BCUT2D eigenvalue weighted by Gasteiger charge is -2.07. The van der Waals surface area contributed by atoms with Gasteiger partial charge in [-0.3, -0.25) is 4.98 Å². The van der Waals surface area contributed by atoms with E-state index in [1.54, 1.807) is 24.5 Å². The minimum Gasteiger partial charge on any atom is -0.345 e. The fourth-order valence-electron chi connectivity index (χ4n) is 3.45. The largest absolute Gasteiger partial charge is 0.345 e. The number of sulfonamides is 1. The molecule has 30 heavy (non-hydrogen) atoms. The molecule has 0 saturated heterocycles. The van der Waals surface area contributed by atoms with E-state index in [0.717, 1.165) is 40.8 Å². The molecule has 4 aromatic rings. The van der Waals surface area contributed by atoms with E-state index in [1.165, 1.54) is 12.1 Å². The van der Waals surface area contributed by atoms with E-state index in [4.69, 9.17) is 5.14 Å². The van der Waals surface area contributed by atoms with Crippen LogP contribution >= 0.6 is 0 Å². The Bertz CT molecular complexity index is 1330. The second-order valence-electron chi connectivity index (χ2n) is 7.02. The summed E-state index contributed by atoms with van der Waals surface area (Å²) in [5, 5.41) is 8.26. The predicted octanol–water partition coefficient (Wildman–Crippen LogP) is 3.60. The van der Waals surface area contributed by atoms with E-state index >= 15 is 0 Å². The summed E-state index contributed by atoms with van der Waals surface area (Å²) in [6.45, 7) is 5.10. The maximum Gasteiger partial charge on any atom is 0.238 e. The van der Waals surface area contributed by atoms with Gasteiger partial charge in [-0.15, -0.1) is 0 Å². The second kappa shape index (κ2) is 7.85. The van der Waals surface area contributed by atoms with Crippen LogP contribution in [0.1, 0.15) is 18.9 Å². The van der Waals surface area contributed by atoms with Gasteiger partial charge in [0.25, 0.3) is 0 Å². The van der Waals surface area contributed by atoms with E-state index in [2.05, 4.69) is 44.9 Å². The molecule has 0 aliphatic carbocycles. The summed E-state index contributed by atoms with van der Waals surface area (Å²) in [7, 11) is -3.79. The van der Waals surface area contributed by atoms with Gasteiger partial charge in [0, 0.05) is 36.4 Å². The number of hydrogen-bond donors (Lipinski definition) is 2. The van der Waals surface area contributed by atoms with Crippen molar-refractivity contribution in [1.82, 2.24) is 19.5 Å². The molecular formula is C21H22N6O2S. The van der Waals surface area contributed by atoms with Crippen molar-refractivity contribution in [3.8, 4) is 11.3 Å². The van der Waals surface area contributed by atoms with Crippen LogP contribution in [0.3, 0.4) is 0 Å². The molecule has 3 N–H and O–H groups in total. The van der Waals surface area contributed by atoms with Gasteiger partial charge in [-0.1, -0.05) is 13.0 Å². The van der Waals surface area contributed by atoms with Crippen LogP contribution in [0.5, 0.6) is 0 Å². The Balaban J connectivity index is 1.74. The molecule has 0 amide bonds. The zero-order valence-corrected chi connectivity index (χ0v) is 17.5. The van der Waals surface area contributed by atoms with Crippen molar-refractivity contribution >= 4 is 32.7 Å². The Labute approximate surface area is 174 Å². The first-order valence-corrected chi connectivity index (χ1v) is 11.1. The molecule has 8 nitrogen and oxygen atoms in total. The first-order valence-electron chi connectivity index (χ1n) is 9.54. The molecule has 1 aromatic carbocycles. The van der Waals surface area contributed by atoms with E-state index in [1.807, 2.05) is 12.1 Å².